The van der Waals surface area contributed by atoms with Crippen molar-refractivity contribution < 1.29 is 24.2 Å². The number of H-pyrrole nitrogens is 1. The molecule has 3 rings (SSSR count). The molecule has 1 heterocycles. The average Bonchev–Trinajstić information content (AvgIpc) is 3.14. The van der Waals surface area contributed by atoms with Crippen LogP contribution in [0.3, 0.4) is 0 Å². The summed E-state index contributed by atoms with van der Waals surface area (Å²) in [5.74, 6) is -0.0687. The fraction of sp³-hybridized carbons (Fsp3) is 0.273. The minimum Gasteiger partial charge on any atom is -0.497 e. The Morgan fingerprint density at radius 2 is 1.90 bits per heavy atom. The minimum absolute atomic E-state index is 0.140. The van der Waals surface area contributed by atoms with Gasteiger partial charge in [0.05, 0.1) is 14.2 Å². The summed E-state index contributed by atoms with van der Waals surface area (Å²) >= 11 is 0. The van der Waals surface area contributed by atoms with Gasteiger partial charge in [-0.2, -0.15) is 0 Å². The Labute approximate surface area is 168 Å². The highest BCUT2D eigenvalue weighted by Gasteiger charge is 2.22. The maximum Gasteiger partial charge on any atom is 0.326 e. The summed E-state index contributed by atoms with van der Waals surface area (Å²) in [4.78, 5) is 27.2. The highest BCUT2D eigenvalue weighted by atomic mass is 16.5. The van der Waals surface area contributed by atoms with Crippen LogP contribution in [-0.4, -0.2) is 42.2 Å². The van der Waals surface area contributed by atoms with E-state index in [1.54, 1.807) is 32.5 Å². The van der Waals surface area contributed by atoms with Crippen molar-refractivity contribution in [3.8, 4) is 11.5 Å². The number of aryl methyl sites for hydroxylation is 1. The Kier molecular flexibility index (Phi) is 6.39. The average molecular weight is 396 g/mol. The number of hydrogen-bond donors (Lipinski definition) is 3. The number of methoxy groups -OCH3 is 2. The topological polar surface area (TPSA) is 101 Å². The third-order valence-electron chi connectivity index (χ3n) is 4.84. The van der Waals surface area contributed by atoms with Crippen molar-refractivity contribution in [2.75, 3.05) is 14.2 Å². The zero-order valence-electron chi connectivity index (χ0n) is 16.4. The Morgan fingerprint density at radius 1 is 1.10 bits per heavy atom. The van der Waals surface area contributed by atoms with E-state index in [9.17, 15) is 14.7 Å². The van der Waals surface area contributed by atoms with Gasteiger partial charge in [0, 0.05) is 29.9 Å². The Hall–Kier alpha value is -3.48. The lowest BCUT2D eigenvalue weighted by molar-refractivity contribution is -0.141. The Morgan fingerprint density at radius 3 is 2.62 bits per heavy atom. The molecular weight excluding hydrogens is 372 g/mol. The van der Waals surface area contributed by atoms with Gasteiger partial charge in [-0.05, 0) is 41.8 Å². The SMILES string of the molecule is COc1ccc(OC)c(CCC(=O)NC(Cc2c[nH]c3ccccc23)C(=O)O)c1. The number of carbonyl (C=O) groups is 2. The number of para-hydroxylation sites is 1. The van der Waals surface area contributed by atoms with Crippen LogP contribution in [0.5, 0.6) is 11.5 Å². The number of amides is 1. The maximum atomic E-state index is 12.4. The first-order valence-electron chi connectivity index (χ1n) is 9.30. The van der Waals surface area contributed by atoms with Crippen LogP contribution in [0.4, 0.5) is 0 Å². The van der Waals surface area contributed by atoms with Gasteiger partial charge in [-0.15, -0.1) is 0 Å². The molecule has 2 aromatic carbocycles. The fourth-order valence-electron chi connectivity index (χ4n) is 3.31. The number of fused-ring (bicyclic) bond motifs is 1. The molecule has 152 valence electrons. The van der Waals surface area contributed by atoms with Gasteiger partial charge in [-0.3, -0.25) is 4.79 Å². The van der Waals surface area contributed by atoms with Crippen LogP contribution in [0.15, 0.2) is 48.7 Å². The summed E-state index contributed by atoms with van der Waals surface area (Å²) in [7, 11) is 3.13. The Bertz CT molecular complexity index is 1010. The molecule has 1 amide bonds. The van der Waals surface area contributed by atoms with Crippen LogP contribution >= 0.6 is 0 Å². The third kappa shape index (κ3) is 4.87. The molecule has 1 aromatic heterocycles. The molecule has 0 aliphatic heterocycles. The minimum atomic E-state index is -1.07. The van der Waals surface area contributed by atoms with E-state index in [-0.39, 0.29) is 18.7 Å². The van der Waals surface area contributed by atoms with Gasteiger partial charge in [0.2, 0.25) is 5.91 Å². The smallest absolute Gasteiger partial charge is 0.326 e. The second-order valence-electron chi connectivity index (χ2n) is 6.70. The molecule has 7 nitrogen and oxygen atoms in total. The van der Waals surface area contributed by atoms with E-state index >= 15 is 0 Å². The summed E-state index contributed by atoms with van der Waals surface area (Å²) < 4.78 is 10.5. The molecule has 1 unspecified atom stereocenters. The van der Waals surface area contributed by atoms with Gasteiger partial charge >= 0.3 is 5.97 Å². The first kappa shape index (κ1) is 20.3. The molecule has 29 heavy (non-hydrogen) atoms. The molecule has 0 bridgehead atoms. The van der Waals surface area contributed by atoms with Crippen LogP contribution in [0.25, 0.3) is 10.9 Å². The van der Waals surface area contributed by atoms with Crippen molar-refractivity contribution in [3.05, 3.63) is 59.8 Å². The number of nitrogens with one attached hydrogen (secondary N) is 2. The summed E-state index contributed by atoms with van der Waals surface area (Å²) in [5.41, 5.74) is 2.61. The van der Waals surface area contributed by atoms with Gasteiger partial charge in [-0.1, -0.05) is 18.2 Å². The summed E-state index contributed by atoms with van der Waals surface area (Å²) in [6.07, 6.45) is 2.54. The fourth-order valence-corrected chi connectivity index (χ4v) is 3.31. The van der Waals surface area contributed by atoms with Crippen molar-refractivity contribution in [1.29, 1.82) is 0 Å². The lowest BCUT2D eigenvalue weighted by Crippen LogP contribution is -2.42. The Balaban J connectivity index is 1.65. The largest absolute Gasteiger partial charge is 0.497 e. The molecule has 3 aromatic rings. The number of carboxylic acid groups (broad SMARTS) is 1. The van der Waals surface area contributed by atoms with Crippen LogP contribution < -0.4 is 14.8 Å². The van der Waals surface area contributed by atoms with Crippen LogP contribution in [0, 0.1) is 0 Å². The van der Waals surface area contributed by atoms with Crippen LogP contribution in [0.2, 0.25) is 0 Å². The highest BCUT2D eigenvalue weighted by Crippen LogP contribution is 2.25. The quantitative estimate of drug-likeness (QED) is 0.516. The predicted octanol–water partition coefficient (Wildman–Crippen LogP) is 2.93. The van der Waals surface area contributed by atoms with E-state index in [0.29, 0.717) is 17.9 Å². The van der Waals surface area contributed by atoms with Gasteiger partial charge in [0.25, 0.3) is 0 Å². The van der Waals surface area contributed by atoms with Crippen molar-refractivity contribution in [2.45, 2.75) is 25.3 Å². The van der Waals surface area contributed by atoms with Crippen molar-refractivity contribution in [2.24, 2.45) is 0 Å². The molecule has 0 saturated carbocycles. The first-order valence-corrected chi connectivity index (χ1v) is 9.30. The van der Waals surface area contributed by atoms with E-state index in [4.69, 9.17) is 9.47 Å². The predicted molar refractivity (Wildman–Crippen MR) is 109 cm³/mol. The first-order chi connectivity index (χ1) is 14.0. The lowest BCUT2D eigenvalue weighted by atomic mass is 10.0. The summed E-state index contributed by atoms with van der Waals surface area (Å²) in [6, 6.07) is 12.0. The molecule has 0 aliphatic rings. The van der Waals surface area contributed by atoms with E-state index in [1.165, 1.54) is 0 Å². The number of aromatic nitrogens is 1. The number of benzene rings is 2. The molecule has 1 atom stereocenters. The number of rotatable bonds is 9. The van der Waals surface area contributed by atoms with Crippen molar-refractivity contribution in [3.63, 3.8) is 0 Å². The molecule has 0 spiro atoms. The number of carbonyl (C=O) groups excluding carboxylic acids is 1. The molecular formula is C22H24N2O5. The molecule has 0 fully saturated rings. The van der Waals surface area contributed by atoms with Crippen LogP contribution in [0.1, 0.15) is 17.5 Å². The van der Waals surface area contributed by atoms with Crippen molar-refractivity contribution in [1.82, 2.24) is 10.3 Å². The zero-order valence-corrected chi connectivity index (χ0v) is 16.4. The van der Waals surface area contributed by atoms with E-state index in [0.717, 1.165) is 22.0 Å². The van der Waals surface area contributed by atoms with Gasteiger partial charge in [0.1, 0.15) is 17.5 Å². The maximum absolute atomic E-state index is 12.4. The number of aliphatic carboxylic acids is 1. The van der Waals surface area contributed by atoms with Gasteiger partial charge in [0.15, 0.2) is 0 Å². The third-order valence-corrected chi connectivity index (χ3v) is 4.84. The zero-order chi connectivity index (χ0) is 20.8. The molecule has 0 radical (unpaired) electrons. The highest BCUT2D eigenvalue weighted by molar-refractivity contribution is 5.86. The van der Waals surface area contributed by atoms with E-state index in [2.05, 4.69) is 10.3 Å². The van der Waals surface area contributed by atoms with Crippen molar-refractivity contribution >= 4 is 22.8 Å². The number of hydrogen-bond acceptors (Lipinski definition) is 4. The number of carboxylic acids is 1. The second kappa shape index (κ2) is 9.14. The van der Waals surface area contributed by atoms with Gasteiger partial charge < -0.3 is 24.9 Å². The van der Waals surface area contributed by atoms with Gasteiger partial charge in [-0.25, -0.2) is 4.79 Å². The number of aromatic amines is 1. The number of ether oxygens (including phenoxy) is 2. The standard InChI is InChI=1S/C22H24N2O5/c1-28-16-8-9-20(29-2)14(11-16)7-10-21(25)24-19(22(26)27)12-15-13-23-18-6-4-3-5-17(15)18/h3-6,8-9,11,13,19,23H,7,10,12H2,1-2H3,(H,24,25)(H,26,27). The molecule has 3 N–H and O–H groups in total. The van der Waals surface area contributed by atoms with Crippen LogP contribution in [-0.2, 0) is 22.4 Å². The second-order valence-corrected chi connectivity index (χ2v) is 6.70. The lowest BCUT2D eigenvalue weighted by Gasteiger charge is -2.15. The molecule has 0 aliphatic carbocycles. The van der Waals surface area contributed by atoms with E-state index in [1.807, 2.05) is 30.3 Å². The normalized spacial score (nSPS) is 11.8. The summed E-state index contributed by atoms with van der Waals surface area (Å²) in [5, 5.41) is 13.2. The summed E-state index contributed by atoms with van der Waals surface area (Å²) in [6.45, 7) is 0. The monoisotopic (exact) mass is 396 g/mol. The van der Waals surface area contributed by atoms with E-state index < -0.39 is 12.0 Å². The molecule has 7 heteroatoms. The molecule has 0 saturated heterocycles.